The normalized spacial score (nSPS) is 20.8. The van der Waals surface area contributed by atoms with Crippen LogP contribution in [-0.2, 0) is 4.79 Å². The highest BCUT2D eigenvalue weighted by molar-refractivity contribution is 8.00. The number of β-lactam (4-membered cyclic amide) rings is 1. The fraction of sp³-hybridized carbons (Fsp3) is 0.300. The summed E-state index contributed by atoms with van der Waals surface area (Å²) in [5.74, 6) is 0.0286. The highest BCUT2D eigenvalue weighted by Gasteiger charge is 2.35. The molecule has 0 radical (unpaired) electrons. The Kier molecular flexibility index (Phi) is 2.74. The molecule has 0 spiro atoms. The largest absolute Gasteiger partial charge is 0.376 e. The van der Waals surface area contributed by atoms with Crippen LogP contribution in [0.2, 0.25) is 0 Å². The van der Waals surface area contributed by atoms with Gasteiger partial charge in [-0.25, -0.2) is 0 Å². The van der Waals surface area contributed by atoms with Crippen molar-refractivity contribution in [1.29, 1.82) is 0 Å². The first kappa shape index (κ1) is 9.55. The van der Waals surface area contributed by atoms with Crippen LogP contribution in [0.5, 0.6) is 0 Å². The zero-order valence-corrected chi connectivity index (χ0v) is 8.41. The van der Waals surface area contributed by atoms with E-state index in [9.17, 15) is 4.79 Å². The smallest absolute Gasteiger partial charge is 0.228 e. The minimum atomic E-state index is -0.177. The van der Waals surface area contributed by atoms with Crippen LogP contribution < -0.4 is 0 Å². The van der Waals surface area contributed by atoms with Crippen molar-refractivity contribution in [3.8, 4) is 0 Å². The molecule has 74 valence electrons. The zero-order valence-electron chi connectivity index (χ0n) is 7.59. The van der Waals surface area contributed by atoms with Crippen LogP contribution in [0.3, 0.4) is 0 Å². The van der Waals surface area contributed by atoms with Gasteiger partial charge in [-0.1, -0.05) is 18.2 Å². The second kappa shape index (κ2) is 4.02. The minimum absolute atomic E-state index is 0.0286. The number of carbonyl (C=O) groups excluding carboxylic acids is 1. The van der Waals surface area contributed by atoms with Crippen LogP contribution in [-0.4, -0.2) is 28.0 Å². The molecule has 0 aliphatic carbocycles. The highest BCUT2D eigenvalue weighted by Crippen LogP contribution is 2.33. The van der Waals surface area contributed by atoms with Crippen molar-refractivity contribution in [3.63, 3.8) is 0 Å². The second-order valence-electron chi connectivity index (χ2n) is 3.09. The maximum absolute atomic E-state index is 11.0. The van der Waals surface area contributed by atoms with Crippen LogP contribution in [0.1, 0.15) is 6.42 Å². The van der Waals surface area contributed by atoms with Crippen molar-refractivity contribution in [2.75, 3.05) is 6.73 Å². The molecule has 2 rings (SSSR count). The molecule has 4 heteroatoms. The number of amides is 1. The van der Waals surface area contributed by atoms with Crippen LogP contribution in [0.25, 0.3) is 0 Å². The number of nitrogens with zero attached hydrogens (tertiary/aromatic N) is 1. The van der Waals surface area contributed by atoms with Gasteiger partial charge in [-0.3, -0.25) is 4.79 Å². The number of thioether (sulfide) groups is 1. The number of hydrogen-bond acceptors (Lipinski definition) is 3. The Hall–Kier alpha value is -1.00. The lowest BCUT2D eigenvalue weighted by atomic mass is 10.2. The molecule has 1 aliphatic heterocycles. The first-order valence-electron chi connectivity index (χ1n) is 4.43. The summed E-state index contributed by atoms with van der Waals surface area (Å²) in [6.07, 6.45) is 0.528. The molecule has 1 amide bonds. The van der Waals surface area contributed by atoms with Crippen LogP contribution in [0.4, 0.5) is 0 Å². The summed E-state index contributed by atoms with van der Waals surface area (Å²) < 4.78 is 0. The van der Waals surface area contributed by atoms with Crippen molar-refractivity contribution >= 4 is 17.7 Å². The molecule has 1 fully saturated rings. The molecule has 1 saturated heterocycles. The molecular weight excluding hydrogens is 198 g/mol. The molecule has 1 N–H and O–H groups in total. The fourth-order valence-electron chi connectivity index (χ4n) is 1.36. The van der Waals surface area contributed by atoms with Gasteiger partial charge in [-0.2, -0.15) is 0 Å². The van der Waals surface area contributed by atoms with E-state index < -0.39 is 0 Å². The van der Waals surface area contributed by atoms with Crippen molar-refractivity contribution in [1.82, 2.24) is 4.90 Å². The van der Waals surface area contributed by atoms with E-state index in [1.165, 1.54) is 4.90 Å². The Morgan fingerprint density at radius 1 is 1.43 bits per heavy atom. The van der Waals surface area contributed by atoms with E-state index in [1.807, 2.05) is 30.3 Å². The maximum Gasteiger partial charge on any atom is 0.228 e. The lowest BCUT2D eigenvalue weighted by molar-refractivity contribution is -0.146. The number of rotatable bonds is 3. The molecule has 1 unspecified atom stereocenters. The quantitative estimate of drug-likeness (QED) is 0.762. The maximum atomic E-state index is 11.0. The van der Waals surface area contributed by atoms with Gasteiger partial charge in [0, 0.05) is 4.90 Å². The number of benzene rings is 1. The van der Waals surface area contributed by atoms with Gasteiger partial charge in [0.1, 0.15) is 6.73 Å². The summed E-state index contributed by atoms with van der Waals surface area (Å²) in [6.45, 7) is -0.177. The number of aliphatic hydroxyl groups is 1. The Morgan fingerprint density at radius 3 is 2.71 bits per heavy atom. The highest BCUT2D eigenvalue weighted by atomic mass is 32.2. The minimum Gasteiger partial charge on any atom is -0.376 e. The molecule has 1 atom stereocenters. The van der Waals surface area contributed by atoms with Gasteiger partial charge in [0.25, 0.3) is 0 Å². The van der Waals surface area contributed by atoms with Gasteiger partial charge in [-0.15, -0.1) is 11.8 Å². The van der Waals surface area contributed by atoms with E-state index >= 15 is 0 Å². The van der Waals surface area contributed by atoms with E-state index in [0.717, 1.165) is 4.90 Å². The SMILES string of the molecule is O=C1CC(Sc2ccccc2)N1CO. The molecule has 14 heavy (non-hydrogen) atoms. The van der Waals surface area contributed by atoms with Gasteiger partial charge >= 0.3 is 0 Å². The third-order valence-corrected chi connectivity index (χ3v) is 3.42. The summed E-state index contributed by atoms with van der Waals surface area (Å²) in [7, 11) is 0. The third kappa shape index (κ3) is 1.76. The Labute approximate surface area is 86.7 Å². The molecule has 0 bridgehead atoms. The summed E-state index contributed by atoms with van der Waals surface area (Å²) >= 11 is 1.61. The van der Waals surface area contributed by atoms with Crippen molar-refractivity contribution in [2.24, 2.45) is 0 Å². The molecule has 3 nitrogen and oxygen atoms in total. The van der Waals surface area contributed by atoms with Gasteiger partial charge in [0.15, 0.2) is 0 Å². The molecule has 1 heterocycles. The van der Waals surface area contributed by atoms with E-state index in [4.69, 9.17) is 5.11 Å². The third-order valence-electron chi connectivity index (χ3n) is 2.18. The number of carbonyl (C=O) groups is 1. The predicted octanol–water partition coefficient (Wildman–Crippen LogP) is 1.29. The molecule has 0 saturated carbocycles. The zero-order chi connectivity index (χ0) is 9.97. The average Bonchev–Trinajstić information content (AvgIpc) is 2.19. The summed E-state index contributed by atoms with van der Waals surface area (Å²) in [5, 5.41) is 9.00. The van der Waals surface area contributed by atoms with Gasteiger partial charge in [0.05, 0.1) is 11.8 Å². The number of likely N-dealkylation sites (tertiary alicyclic amines) is 1. The molecule has 1 aliphatic rings. The van der Waals surface area contributed by atoms with Crippen molar-refractivity contribution in [2.45, 2.75) is 16.7 Å². The predicted molar refractivity (Wildman–Crippen MR) is 54.6 cm³/mol. The first-order valence-corrected chi connectivity index (χ1v) is 5.31. The lowest BCUT2D eigenvalue weighted by Gasteiger charge is -2.38. The van der Waals surface area contributed by atoms with E-state index in [-0.39, 0.29) is 18.0 Å². The Bertz CT molecular complexity index is 328. The van der Waals surface area contributed by atoms with E-state index in [1.54, 1.807) is 11.8 Å². The topological polar surface area (TPSA) is 40.5 Å². The number of aliphatic hydroxyl groups excluding tert-OH is 1. The molecular formula is C10H11NO2S. The molecule has 1 aromatic carbocycles. The lowest BCUT2D eigenvalue weighted by Crippen LogP contribution is -2.50. The van der Waals surface area contributed by atoms with Gasteiger partial charge < -0.3 is 10.0 Å². The van der Waals surface area contributed by atoms with Crippen molar-refractivity contribution < 1.29 is 9.90 Å². The monoisotopic (exact) mass is 209 g/mol. The van der Waals surface area contributed by atoms with Crippen LogP contribution >= 0.6 is 11.8 Å². The van der Waals surface area contributed by atoms with Crippen LogP contribution in [0.15, 0.2) is 35.2 Å². The standard InChI is InChI=1S/C10H11NO2S/c12-7-11-9(13)6-10(11)14-8-4-2-1-3-5-8/h1-5,10,12H,6-7H2. The van der Waals surface area contributed by atoms with Crippen LogP contribution in [0, 0.1) is 0 Å². The Balaban J connectivity index is 1.97. The summed E-state index contributed by atoms with van der Waals surface area (Å²) in [4.78, 5) is 13.6. The average molecular weight is 209 g/mol. The fourth-order valence-corrected chi connectivity index (χ4v) is 2.52. The van der Waals surface area contributed by atoms with Gasteiger partial charge in [0.2, 0.25) is 5.91 Å². The summed E-state index contributed by atoms with van der Waals surface area (Å²) in [6, 6.07) is 9.89. The van der Waals surface area contributed by atoms with E-state index in [2.05, 4.69) is 0 Å². The summed E-state index contributed by atoms with van der Waals surface area (Å²) in [5.41, 5.74) is 0. The first-order chi connectivity index (χ1) is 6.81. The molecule has 1 aromatic rings. The number of hydrogen-bond donors (Lipinski definition) is 1. The molecule has 0 aromatic heterocycles. The van der Waals surface area contributed by atoms with Gasteiger partial charge in [-0.05, 0) is 12.1 Å². The van der Waals surface area contributed by atoms with E-state index in [0.29, 0.717) is 6.42 Å². The van der Waals surface area contributed by atoms with Crippen molar-refractivity contribution in [3.05, 3.63) is 30.3 Å². The second-order valence-corrected chi connectivity index (χ2v) is 4.35. The Morgan fingerprint density at radius 2 is 2.14 bits per heavy atom.